The first-order chi connectivity index (χ1) is 13.1. The Morgan fingerprint density at radius 2 is 2.22 bits per heavy atom. The molecule has 27 heavy (non-hydrogen) atoms. The molecule has 0 aliphatic rings. The summed E-state index contributed by atoms with van der Waals surface area (Å²) in [4.78, 5) is 22.1. The van der Waals surface area contributed by atoms with E-state index in [2.05, 4.69) is 46.5 Å². The van der Waals surface area contributed by atoms with Crippen LogP contribution >= 0.6 is 23.1 Å². The fourth-order valence-corrected chi connectivity index (χ4v) is 3.70. The van der Waals surface area contributed by atoms with E-state index in [1.54, 1.807) is 18.0 Å². The second kappa shape index (κ2) is 9.18. The SMILES string of the molecule is CCSc1nc(NCC(C)C)c2cnn(CCNC(=O)c3cccs3)c2n1. The van der Waals surface area contributed by atoms with Gasteiger partial charge in [0.25, 0.3) is 5.91 Å². The maximum atomic E-state index is 12.1. The van der Waals surface area contributed by atoms with Crippen LogP contribution in [0.5, 0.6) is 0 Å². The summed E-state index contributed by atoms with van der Waals surface area (Å²) in [7, 11) is 0. The summed E-state index contributed by atoms with van der Waals surface area (Å²) >= 11 is 3.04. The first-order valence-electron chi connectivity index (χ1n) is 9.00. The van der Waals surface area contributed by atoms with Crippen molar-refractivity contribution >= 4 is 45.9 Å². The molecule has 1 amide bonds. The number of nitrogens with one attached hydrogen (secondary N) is 2. The molecule has 9 heteroatoms. The monoisotopic (exact) mass is 404 g/mol. The van der Waals surface area contributed by atoms with Gasteiger partial charge in [0.2, 0.25) is 0 Å². The molecule has 3 aromatic heterocycles. The van der Waals surface area contributed by atoms with Gasteiger partial charge in [-0.3, -0.25) is 4.79 Å². The molecule has 3 rings (SSSR count). The molecule has 3 heterocycles. The molecule has 3 aromatic rings. The van der Waals surface area contributed by atoms with Gasteiger partial charge >= 0.3 is 0 Å². The third-order valence-electron chi connectivity index (χ3n) is 3.78. The minimum absolute atomic E-state index is 0.0578. The molecule has 0 spiro atoms. The van der Waals surface area contributed by atoms with Crippen LogP contribution in [0.3, 0.4) is 0 Å². The van der Waals surface area contributed by atoms with Crippen molar-refractivity contribution in [3.8, 4) is 0 Å². The van der Waals surface area contributed by atoms with Crippen LogP contribution < -0.4 is 10.6 Å². The Labute approximate surface area is 167 Å². The number of hydrogen-bond acceptors (Lipinski definition) is 7. The number of carbonyl (C=O) groups is 1. The summed E-state index contributed by atoms with van der Waals surface area (Å²) in [5.41, 5.74) is 0.789. The summed E-state index contributed by atoms with van der Waals surface area (Å²) in [5.74, 6) is 2.18. The molecule has 0 unspecified atom stereocenters. The molecule has 0 aliphatic carbocycles. The molecule has 0 saturated heterocycles. The maximum Gasteiger partial charge on any atom is 0.261 e. The van der Waals surface area contributed by atoms with Crippen molar-refractivity contribution in [2.75, 3.05) is 24.2 Å². The van der Waals surface area contributed by atoms with Gasteiger partial charge in [-0.2, -0.15) is 5.10 Å². The third kappa shape index (κ3) is 4.98. The molecule has 0 aliphatic heterocycles. The number of thiophene rings is 1. The summed E-state index contributed by atoms with van der Waals surface area (Å²) in [6, 6.07) is 3.69. The van der Waals surface area contributed by atoms with Gasteiger partial charge in [-0.1, -0.05) is 38.6 Å². The van der Waals surface area contributed by atoms with Gasteiger partial charge < -0.3 is 10.6 Å². The summed E-state index contributed by atoms with van der Waals surface area (Å²) in [6.45, 7) is 8.28. The first-order valence-corrected chi connectivity index (χ1v) is 10.9. The van der Waals surface area contributed by atoms with Crippen molar-refractivity contribution in [2.24, 2.45) is 5.92 Å². The van der Waals surface area contributed by atoms with Crippen molar-refractivity contribution < 1.29 is 4.79 Å². The predicted octanol–water partition coefficient (Wildman–Crippen LogP) is 3.50. The van der Waals surface area contributed by atoms with E-state index in [0.29, 0.717) is 23.9 Å². The zero-order valence-corrected chi connectivity index (χ0v) is 17.4. The lowest BCUT2D eigenvalue weighted by Gasteiger charge is -2.11. The van der Waals surface area contributed by atoms with Gasteiger partial charge in [-0.05, 0) is 23.1 Å². The van der Waals surface area contributed by atoms with Gasteiger partial charge in [0.05, 0.1) is 23.0 Å². The van der Waals surface area contributed by atoms with Crippen LogP contribution in [0.1, 0.15) is 30.4 Å². The Kier molecular flexibility index (Phi) is 6.68. The second-order valence-corrected chi connectivity index (χ2v) is 8.58. The van der Waals surface area contributed by atoms with Crippen molar-refractivity contribution in [1.29, 1.82) is 0 Å². The average molecular weight is 405 g/mol. The van der Waals surface area contributed by atoms with Gasteiger partial charge in [0, 0.05) is 13.1 Å². The number of aromatic nitrogens is 4. The van der Waals surface area contributed by atoms with E-state index in [0.717, 1.165) is 34.3 Å². The van der Waals surface area contributed by atoms with Crippen LogP contribution in [0.25, 0.3) is 11.0 Å². The number of nitrogens with zero attached hydrogens (tertiary/aromatic N) is 4. The highest BCUT2D eigenvalue weighted by Crippen LogP contribution is 2.24. The molecule has 144 valence electrons. The molecule has 0 saturated carbocycles. The van der Waals surface area contributed by atoms with E-state index >= 15 is 0 Å². The van der Waals surface area contributed by atoms with Crippen molar-refractivity contribution in [2.45, 2.75) is 32.5 Å². The van der Waals surface area contributed by atoms with E-state index in [1.807, 2.05) is 22.2 Å². The molecule has 7 nitrogen and oxygen atoms in total. The van der Waals surface area contributed by atoms with Crippen LogP contribution in [-0.4, -0.2) is 44.5 Å². The second-order valence-electron chi connectivity index (χ2n) is 6.40. The molecular formula is C18H24N6OS2. The van der Waals surface area contributed by atoms with Gasteiger partial charge in [0.1, 0.15) is 5.82 Å². The highest BCUT2D eigenvalue weighted by molar-refractivity contribution is 7.99. The third-order valence-corrected chi connectivity index (χ3v) is 5.38. The van der Waals surface area contributed by atoms with E-state index in [9.17, 15) is 4.79 Å². The van der Waals surface area contributed by atoms with Crippen molar-refractivity contribution in [3.63, 3.8) is 0 Å². The Balaban J connectivity index is 1.75. The van der Waals surface area contributed by atoms with Crippen LogP contribution in [0, 0.1) is 5.92 Å². The lowest BCUT2D eigenvalue weighted by molar-refractivity contribution is 0.0956. The zero-order valence-electron chi connectivity index (χ0n) is 15.7. The lowest BCUT2D eigenvalue weighted by Crippen LogP contribution is -2.26. The van der Waals surface area contributed by atoms with E-state index in [4.69, 9.17) is 0 Å². The number of carbonyl (C=O) groups excluding carboxylic acids is 1. The highest BCUT2D eigenvalue weighted by Gasteiger charge is 2.14. The molecule has 0 fully saturated rings. The first kappa shape index (κ1) is 19.6. The smallest absolute Gasteiger partial charge is 0.261 e. The number of anilines is 1. The van der Waals surface area contributed by atoms with Crippen LogP contribution in [-0.2, 0) is 6.54 Å². The summed E-state index contributed by atoms with van der Waals surface area (Å²) in [6.07, 6.45) is 1.79. The van der Waals surface area contributed by atoms with Crippen LogP contribution in [0.2, 0.25) is 0 Å². The number of fused-ring (bicyclic) bond motifs is 1. The minimum atomic E-state index is -0.0578. The summed E-state index contributed by atoms with van der Waals surface area (Å²) < 4.78 is 1.83. The minimum Gasteiger partial charge on any atom is -0.369 e. The molecular weight excluding hydrogens is 380 g/mol. The number of amides is 1. The number of thioether (sulfide) groups is 1. The molecule has 0 atom stereocenters. The Morgan fingerprint density at radius 1 is 1.37 bits per heavy atom. The van der Waals surface area contributed by atoms with E-state index in [1.165, 1.54) is 11.3 Å². The zero-order chi connectivity index (χ0) is 19.2. The molecule has 0 bridgehead atoms. The predicted molar refractivity (Wildman–Crippen MR) is 112 cm³/mol. The van der Waals surface area contributed by atoms with Gasteiger partial charge in [0.15, 0.2) is 10.8 Å². The van der Waals surface area contributed by atoms with Gasteiger partial charge in [-0.25, -0.2) is 14.6 Å². The Morgan fingerprint density at radius 3 is 2.93 bits per heavy atom. The quantitative estimate of drug-likeness (QED) is 0.419. The largest absolute Gasteiger partial charge is 0.369 e. The number of rotatable bonds is 9. The highest BCUT2D eigenvalue weighted by atomic mass is 32.2. The van der Waals surface area contributed by atoms with E-state index < -0.39 is 0 Å². The van der Waals surface area contributed by atoms with Crippen molar-refractivity contribution in [1.82, 2.24) is 25.1 Å². The standard InChI is InChI=1S/C18H24N6OS2/c1-4-26-18-22-15(20-10-12(2)3)13-11-21-24(16(13)23-18)8-7-19-17(25)14-6-5-9-27-14/h5-6,9,11-12H,4,7-8,10H2,1-3H3,(H,19,25)(H,20,22,23). The van der Waals surface area contributed by atoms with Crippen molar-refractivity contribution in [3.05, 3.63) is 28.6 Å². The Hall–Kier alpha value is -2.13. The van der Waals surface area contributed by atoms with Crippen LogP contribution in [0.15, 0.2) is 28.9 Å². The Bertz CT molecular complexity index is 891. The molecule has 0 aromatic carbocycles. The normalized spacial score (nSPS) is 11.3. The molecule has 2 N–H and O–H groups in total. The molecule has 0 radical (unpaired) electrons. The summed E-state index contributed by atoms with van der Waals surface area (Å²) in [5, 5.41) is 14.3. The fraction of sp³-hybridized carbons (Fsp3) is 0.444. The maximum absolute atomic E-state index is 12.1. The fourth-order valence-electron chi connectivity index (χ4n) is 2.50. The number of hydrogen-bond donors (Lipinski definition) is 2. The lowest BCUT2D eigenvalue weighted by atomic mass is 10.2. The van der Waals surface area contributed by atoms with Crippen LogP contribution in [0.4, 0.5) is 5.82 Å². The van der Waals surface area contributed by atoms with E-state index in [-0.39, 0.29) is 5.91 Å². The topological polar surface area (TPSA) is 84.7 Å². The van der Waals surface area contributed by atoms with Gasteiger partial charge in [-0.15, -0.1) is 11.3 Å². The average Bonchev–Trinajstić information content (AvgIpc) is 3.30.